The molecule has 8 nitrogen and oxygen atoms in total. The van der Waals surface area contributed by atoms with Crippen molar-refractivity contribution < 1.29 is 27.8 Å². The molecule has 2 aromatic carbocycles. The molecule has 3 aromatic heterocycles. The van der Waals surface area contributed by atoms with Crippen LogP contribution in [0.1, 0.15) is 27.3 Å². The molecular formula is C28H20F3N5O3. The molecule has 0 radical (unpaired) electrons. The van der Waals surface area contributed by atoms with Crippen LogP contribution in [0.5, 0.6) is 17.2 Å². The van der Waals surface area contributed by atoms with E-state index in [1.807, 2.05) is 0 Å². The van der Waals surface area contributed by atoms with Crippen molar-refractivity contribution in [1.29, 1.82) is 0 Å². The molecule has 0 aliphatic carbocycles. The monoisotopic (exact) mass is 531 g/mol. The Morgan fingerprint density at radius 3 is 2.46 bits per heavy atom. The van der Waals surface area contributed by atoms with Crippen LogP contribution in [-0.2, 0) is 0 Å². The van der Waals surface area contributed by atoms with Crippen molar-refractivity contribution in [3.63, 3.8) is 0 Å². The largest absolute Gasteiger partial charge is 0.505 e. The second kappa shape index (κ2) is 10.0. The van der Waals surface area contributed by atoms with Gasteiger partial charge in [-0.15, -0.1) is 5.10 Å². The minimum absolute atomic E-state index is 0.0468. The Labute approximate surface area is 220 Å². The first-order valence-electron chi connectivity index (χ1n) is 11.7. The number of anilines is 1. The zero-order valence-corrected chi connectivity index (χ0v) is 20.9. The lowest BCUT2D eigenvalue weighted by Crippen LogP contribution is -2.16. The standard InChI is InChI=1S/C28H20F3N5O3/c1-13-10-16(29)4-6-18(13)23-15(3)35-36-25(26(23)37)28(38)33-17-5-7-21(19(30)12-17)39-22-8-9-32-20-11-14(2)27(31)34-24(20)22/h4-12H,1-3H3,(H,33,38)(H,35,37). The number of pyridine rings is 2. The molecule has 0 unspecified atom stereocenters. The van der Waals surface area contributed by atoms with E-state index in [1.165, 1.54) is 48.7 Å². The van der Waals surface area contributed by atoms with Crippen LogP contribution in [0.2, 0.25) is 0 Å². The second-order valence-corrected chi connectivity index (χ2v) is 8.79. The molecular weight excluding hydrogens is 511 g/mol. The van der Waals surface area contributed by atoms with E-state index >= 15 is 0 Å². The number of nitrogens with one attached hydrogen (secondary N) is 1. The number of halogens is 3. The van der Waals surface area contributed by atoms with Crippen LogP contribution in [0, 0.1) is 38.4 Å². The zero-order valence-electron chi connectivity index (χ0n) is 20.9. The van der Waals surface area contributed by atoms with Gasteiger partial charge in [0, 0.05) is 35.1 Å². The van der Waals surface area contributed by atoms with Gasteiger partial charge < -0.3 is 15.2 Å². The number of aromatic hydroxyl groups is 1. The quantitative estimate of drug-likeness (QED) is 0.261. The van der Waals surface area contributed by atoms with Crippen LogP contribution >= 0.6 is 0 Å². The number of fused-ring (bicyclic) bond motifs is 1. The van der Waals surface area contributed by atoms with Crippen LogP contribution in [0.4, 0.5) is 18.9 Å². The van der Waals surface area contributed by atoms with Crippen LogP contribution in [0.3, 0.4) is 0 Å². The highest BCUT2D eigenvalue weighted by Gasteiger charge is 2.22. The summed E-state index contributed by atoms with van der Waals surface area (Å²) >= 11 is 0. The number of aromatic nitrogens is 4. The van der Waals surface area contributed by atoms with Crippen molar-refractivity contribution in [2.24, 2.45) is 0 Å². The van der Waals surface area contributed by atoms with Gasteiger partial charge in [-0.2, -0.15) is 9.49 Å². The number of carbonyl (C=O) groups excluding carboxylic acids is 1. The van der Waals surface area contributed by atoms with Crippen LogP contribution in [0.15, 0.2) is 54.7 Å². The van der Waals surface area contributed by atoms with E-state index in [2.05, 4.69) is 25.5 Å². The first kappa shape index (κ1) is 25.6. The molecule has 0 aliphatic heterocycles. The number of hydrogen-bond donors (Lipinski definition) is 2. The highest BCUT2D eigenvalue weighted by molar-refractivity contribution is 6.06. The molecule has 39 heavy (non-hydrogen) atoms. The summed E-state index contributed by atoms with van der Waals surface area (Å²) < 4.78 is 48.2. The first-order valence-corrected chi connectivity index (χ1v) is 11.7. The number of benzene rings is 2. The maximum atomic E-state index is 14.9. The van der Waals surface area contributed by atoms with Crippen LogP contribution in [0.25, 0.3) is 22.2 Å². The van der Waals surface area contributed by atoms with E-state index in [0.717, 1.165) is 6.07 Å². The Morgan fingerprint density at radius 1 is 0.923 bits per heavy atom. The molecule has 5 aromatic rings. The van der Waals surface area contributed by atoms with E-state index in [1.54, 1.807) is 20.8 Å². The predicted molar refractivity (Wildman–Crippen MR) is 137 cm³/mol. The van der Waals surface area contributed by atoms with Gasteiger partial charge in [0.05, 0.1) is 11.2 Å². The van der Waals surface area contributed by atoms with Gasteiger partial charge in [-0.3, -0.25) is 9.78 Å². The summed E-state index contributed by atoms with van der Waals surface area (Å²) in [6, 6.07) is 10.6. The maximum absolute atomic E-state index is 14.9. The summed E-state index contributed by atoms with van der Waals surface area (Å²) in [6.45, 7) is 4.81. The number of aryl methyl sites for hydroxylation is 3. The summed E-state index contributed by atoms with van der Waals surface area (Å²) in [6.07, 6.45) is 1.43. The number of rotatable bonds is 5. The van der Waals surface area contributed by atoms with Crippen molar-refractivity contribution in [2.75, 3.05) is 5.32 Å². The van der Waals surface area contributed by atoms with Crippen molar-refractivity contribution >= 4 is 22.6 Å². The Balaban J connectivity index is 1.40. The van der Waals surface area contributed by atoms with E-state index in [9.17, 15) is 23.1 Å². The van der Waals surface area contributed by atoms with Gasteiger partial charge in [-0.25, -0.2) is 13.8 Å². The normalized spacial score (nSPS) is 11.0. The lowest BCUT2D eigenvalue weighted by Gasteiger charge is -2.14. The zero-order chi connectivity index (χ0) is 27.8. The van der Waals surface area contributed by atoms with Crippen molar-refractivity contribution in [2.45, 2.75) is 20.8 Å². The van der Waals surface area contributed by atoms with Gasteiger partial charge in [-0.1, -0.05) is 6.07 Å². The summed E-state index contributed by atoms with van der Waals surface area (Å²) in [7, 11) is 0. The average Bonchev–Trinajstić information content (AvgIpc) is 2.88. The van der Waals surface area contributed by atoms with Gasteiger partial charge in [0.2, 0.25) is 5.95 Å². The number of ether oxygens (including phenoxy) is 1. The highest BCUT2D eigenvalue weighted by Crippen LogP contribution is 2.36. The van der Waals surface area contributed by atoms with Gasteiger partial charge in [-0.05, 0) is 62.2 Å². The minimum Gasteiger partial charge on any atom is -0.505 e. The van der Waals surface area contributed by atoms with Gasteiger partial charge in [0.25, 0.3) is 5.91 Å². The molecule has 3 heterocycles. The molecule has 0 bridgehead atoms. The smallest absolute Gasteiger partial charge is 0.280 e. The fraction of sp³-hybridized carbons (Fsp3) is 0.107. The Morgan fingerprint density at radius 2 is 1.72 bits per heavy atom. The molecule has 0 aliphatic rings. The van der Waals surface area contributed by atoms with Gasteiger partial charge in [0.15, 0.2) is 28.8 Å². The van der Waals surface area contributed by atoms with E-state index < -0.39 is 34.9 Å². The second-order valence-electron chi connectivity index (χ2n) is 8.79. The number of hydrogen-bond acceptors (Lipinski definition) is 7. The Hall–Kier alpha value is -5.06. The number of amides is 1. The fourth-order valence-corrected chi connectivity index (χ4v) is 4.07. The topological polar surface area (TPSA) is 110 Å². The number of nitrogens with zero attached hydrogens (tertiary/aromatic N) is 4. The summed E-state index contributed by atoms with van der Waals surface area (Å²) in [5.41, 5.74) is 2.03. The molecule has 5 rings (SSSR count). The molecule has 0 fully saturated rings. The fourth-order valence-electron chi connectivity index (χ4n) is 4.07. The molecule has 0 atom stereocenters. The molecule has 0 saturated heterocycles. The highest BCUT2D eigenvalue weighted by atomic mass is 19.1. The SMILES string of the molecule is Cc1cc(F)ccc1-c1c(C)nnc(C(=O)Nc2ccc(Oc3ccnc4cc(C)c(F)nc34)c(F)c2)c1O. The minimum atomic E-state index is -0.843. The summed E-state index contributed by atoms with van der Waals surface area (Å²) in [5, 5.41) is 21.1. The van der Waals surface area contributed by atoms with Crippen molar-refractivity contribution in [3.8, 4) is 28.4 Å². The third-order valence-corrected chi connectivity index (χ3v) is 6.01. The predicted octanol–water partition coefficient (Wildman–Crippen LogP) is 6.18. The van der Waals surface area contributed by atoms with Crippen LogP contribution < -0.4 is 10.1 Å². The van der Waals surface area contributed by atoms with E-state index in [-0.39, 0.29) is 28.3 Å². The van der Waals surface area contributed by atoms with Crippen LogP contribution in [-0.4, -0.2) is 31.2 Å². The number of carbonyl (C=O) groups is 1. The summed E-state index contributed by atoms with van der Waals surface area (Å²) in [5.74, 6) is -3.36. The van der Waals surface area contributed by atoms with E-state index in [4.69, 9.17) is 4.74 Å². The lowest BCUT2D eigenvalue weighted by atomic mass is 9.98. The molecule has 196 valence electrons. The molecule has 0 saturated carbocycles. The van der Waals surface area contributed by atoms with E-state index in [0.29, 0.717) is 27.9 Å². The Kier molecular flexibility index (Phi) is 6.57. The lowest BCUT2D eigenvalue weighted by molar-refractivity contribution is 0.101. The van der Waals surface area contributed by atoms with Crippen molar-refractivity contribution in [1.82, 2.24) is 20.2 Å². The maximum Gasteiger partial charge on any atom is 0.280 e. The molecule has 2 N–H and O–H groups in total. The summed E-state index contributed by atoms with van der Waals surface area (Å²) in [4.78, 5) is 20.9. The third-order valence-electron chi connectivity index (χ3n) is 6.01. The third kappa shape index (κ3) is 4.93. The first-order chi connectivity index (χ1) is 18.6. The van der Waals surface area contributed by atoms with Gasteiger partial charge >= 0.3 is 0 Å². The molecule has 11 heteroatoms. The van der Waals surface area contributed by atoms with Crippen molar-refractivity contribution in [3.05, 3.63) is 94.8 Å². The molecule has 0 spiro atoms. The average molecular weight is 531 g/mol. The van der Waals surface area contributed by atoms with Gasteiger partial charge in [0.1, 0.15) is 11.3 Å². The Bertz CT molecular complexity index is 1780. The molecule has 1 amide bonds.